The average Bonchev–Trinajstić information content (AvgIpc) is 3.23. The second kappa shape index (κ2) is 5.77. The Balaban J connectivity index is 0.000000256. The summed E-state index contributed by atoms with van der Waals surface area (Å²) in [6.07, 6.45) is 0. The first-order valence-corrected chi connectivity index (χ1v) is 5.69. The quantitative estimate of drug-likeness (QED) is 0.644. The van der Waals surface area contributed by atoms with Crippen LogP contribution in [0.25, 0.3) is 0 Å². The first kappa shape index (κ1) is 12.0. The summed E-state index contributed by atoms with van der Waals surface area (Å²) in [4.78, 5) is 21.3. The second-order valence-corrected chi connectivity index (χ2v) is 3.84. The molecule has 2 aromatic carbocycles. The maximum atomic E-state index is 11.8. The number of hydrogen-bond acceptors (Lipinski definition) is 2. The van der Waals surface area contributed by atoms with Crippen LogP contribution in [0.4, 0.5) is 0 Å². The van der Waals surface area contributed by atoms with E-state index in [9.17, 15) is 9.59 Å². The van der Waals surface area contributed by atoms with Gasteiger partial charge in [-0.05, 0) is 0 Å². The van der Waals surface area contributed by atoms with Crippen LogP contribution in [0.2, 0.25) is 0 Å². The van der Waals surface area contributed by atoms with Crippen LogP contribution in [-0.2, 0) is 4.79 Å². The van der Waals surface area contributed by atoms with E-state index in [-0.39, 0.29) is 11.7 Å². The molecule has 0 atom stereocenters. The highest BCUT2D eigenvalue weighted by atomic mass is 16.2. The van der Waals surface area contributed by atoms with Crippen LogP contribution in [0.1, 0.15) is 15.9 Å². The lowest BCUT2D eigenvalue weighted by molar-refractivity contribution is -0.110. The van der Waals surface area contributed by atoms with E-state index in [1.165, 1.54) is 0 Å². The molecule has 0 unspecified atom stereocenters. The van der Waals surface area contributed by atoms with Crippen LogP contribution >= 0.6 is 0 Å². The van der Waals surface area contributed by atoms with Crippen molar-refractivity contribution in [3.05, 3.63) is 71.8 Å². The fourth-order valence-corrected chi connectivity index (χ4v) is 1.38. The molecule has 1 heterocycles. The molecule has 3 heteroatoms. The van der Waals surface area contributed by atoms with Gasteiger partial charge in [0.05, 0.1) is 6.54 Å². The van der Waals surface area contributed by atoms with Gasteiger partial charge >= 0.3 is 0 Å². The zero-order chi connectivity index (χ0) is 12.8. The number of carbonyl (C=O) groups excluding carboxylic acids is 2. The van der Waals surface area contributed by atoms with Crippen LogP contribution in [0.5, 0.6) is 0 Å². The van der Waals surface area contributed by atoms with E-state index in [4.69, 9.17) is 0 Å². The minimum atomic E-state index is 0.0752. The Labute approximate surface area is 105 Å². The molecule has 90 valence electrons. The van der Waals surface area contributed by atoms with Gasteiger partial charge in [-0.25, -0.2) is 0 Å². The molecular formula is C15H13NO2. The van der Waals surface area contributed by atoms with E-state index < -0.39 is 0 Å². The van der Waals surface area contributed by atoms with Crippen LogP contribution in [-0.4, -0.2) is 18.2 Å². The van der Waals surface area contributed by atoms with Crippen molar-refractivity contribution in [2.75, 3.05) is 6.54 Å². The maximum Gasteiger partial charge on any atom is 0.239 e. The van der Waals surface area contributed by atoms with Gasteiger partial charge in [-0.3, -0.25) is 9.59 Å². The van der Waals surface area contributed by atoms with Crippen LogP contribution in [0.3, 0.4) is 0 Å². The zero-order valence-corrected chi connectivity index (χ0v) is 9.80. The molecule has 3 nitrogen and oxygen atoms in total. The van der Waals surface area contributed by atoms with Gasteiger partial charge in [0.2, 0.25) is 5.91 Å². The Hall–Kier alpha value is -2.42. The Morgan fingerprint density at radius 3 is 1.44 bits per heavy atom. The predicted octanol–water partition coefficient (Wildman–Crippen LogP) is 2.03. The third kappa shape index (κ3) is 3.56. The highest BCUT2D eigenvalue weighted by Crippen LogP contribution is 2.08. The number of nitrogens with one attached hydrogen (secondary N) is 1. The van der Waals surface area contributed by atoms with Crippen molar-refractivity contribution in [1.82, 2.24) is 5.32 Å². The van der Waals surface area contributed by atoms with Gasteiger partial charge in [-0.1, -0.05) is 60.7 Å². The van der Waals surface area contributed by atoms with E-state index in [1.54, 1.807) is 0 Å². The number of benzene rings is 2. The summed E-state index contributed by atoms with van der Waals surface area (Å²) in [6.45, 7) is 0.597. The Morgan fingerprint density at radius 2 is 1.17 bits per heavy atom. The van der Waals surface area contributed by atoms with Crippen LogP contribution in [0, 0.1) is 0 Å². The fraction of sp³-hybridized carbons (Fsp3) is 0.0667. The lowest BCUT2D eigenvalue weighted by Gasteiger charge is -1.99. The third-order valence-corrected chi connectivity index (χ3v) is 2.39. The smallest absolute Gasteiger partial charge is 0.239 e. The molecule has 0 aromatic heterocycles. The molecule has 0 saturated carbocycles. The van der Waals surface area contributed by atoms with Crippen molar-refractivity contribution in [3.8, 4) is 0 Å². The van der Waals surface area contributed by atoms with Gasteiger partial charge in [0.1, 0.15) is 0 Å². The monoisotopic (exact) mass is 239 g/mol. The van der Waals surface area contributed by atoms with Crippen molar-refractivity contribution in [2.45, 2.75) is 0 Å². The Morgan fingerprint density at radius 1 is 0.833 bits per heavy atom. The van der Waals surface area contributed by atoms with Crippen molar-refractivity contribution >= 4 is 11.7 Å². The molecule has 1 amide bonds. The molecule has 3 rings (SSSR count). The molecule has 0 radical (unpaired) electrons. The fourth-order valence-electron chi connectivity index (χ4n) is 1.38. The Bertz CT molecular complexity index is 487. The normalized spacial score (nSPS) is 11.9. The summed E-state index contributed by atoms with van der Waals surface area (Å²) in [5, 5.41) is 2.46. The topological polar surface area (TPSA) is 56.1 Å². The van der Waals surface area contributed by atoms with E-state index in [1.807, 2.05) is 60.7 Å². The second-order valence-electron chi connectivity index (χ2n) is 3.84. The van der Waals surface area contributed by atoms with Gasteiger partial charge in [0, 0.05) is 11.1 Å². The van der Waals surface area contributed by atoms with Crippen molar-refractivity contribution in [3.63, 3.8) is 0 Å². The molecule has 2 aromatic rings. The third-order valence-electron chi connectivity index (χ3n) is 2.39. The molecule has 1 N–H and O–H groups in total. The molecule has 18 heavy (non-hydrogen) atoms. The molecule has 1 saturated heterocycles. The molecule has 1 aliphatic rings. The highest BCUT2D eigenvalue weighted by molar-refractivity contribution is 6.08. The van der Waals surface area contributed by atoms with Gasteiger partial charge in [-0.2, -0.15) is 0 Å². The first-order chi connectivity index (χ1) is 8.77. The van der Waals surface area contributed by atoms with Gasteiger partial charge in [0.25, 0.3) is 0 Å². The number of ketones is 1. The van der Waals surface area contributed by atoms with E-state index in [2.05, 4.69) is 5.32 Å². The minimum Gasteiger partial charge on any atom is -0.346 e. The summed E-state index contributed by atoms with van der Waals surface area (Å²) in [7, 11) is 0. The minimum absolute atomic E-state index is 0.0752. The molecule has 0 bridgehead atoms. The highest BCUT2D eigenvalue weighted by Gasteiger charge is 2.10. The zero-order valence-electron chi connectivity index (χ0n) is 9.80. The standard InChI is InChI=1S/C13H10O.C2H3NO/c14-13(11-7-3-1-4-8-11)12-9-5-2-6-10-12;4-2-1-3-2/h1-10H;1H2,(H,3,4). The van der Waals surface area contributed by atoms with Crippen LogP contribution < -0.4 is 5.32 Å². The molecule has 1 fully saturated rings. The summed E-state index contributed by atoms with van der Waals surface area (Å²) >= 11 is 0. The van der Waals surface area contributed by atoms with Gasteiger partial charge in [0.15, 0.2) is 5.78 Å². The summed E-state index contributed by atoms with van der Waals surface area (Å²) < 4.78 is 0. The van der Waals surface area contributed by atoms with Crippen molar-refractivity contribution in [2.24, 2.45) is 0 Å². The van der Waals surface area contributed by atoms with Crippen molar-refractivity contribution < 1.29 is 9.59 Å². The molecule has 0 spiro atoms. The van der Waals surface area contributed by atoms with E-state index >= 15 is 0 Å². The Kier molecular flexibility index (Phi) is 3.86. The van der Waals surface area contributed by atoms with Gasteiger partial charge in [-0.15, -0.1) is 0 Å². The number of carbonyl (C=O) groups is 2. The largest absolute Gasteiger partial charge is 0.346 e. The number of amides is 1. The molecular weight excluding hydrogens is 226 g/mol. The maximum absolute atomic E-state index is 11.8. The lowest BCUT2D eigenvalue weighted by atomic mass is 10.0. The lowest BCUT2D eigenvalue weighted by Crippen LogP contribution is -1.99. The average molecular weight is 239 g/mol. The summed E-state index contributed by atoms with van der Waals surface area (Å²) in [5.74, 6) is 0.242. The first-order valence-electron chi connectivity index (χ1n) is 5.69. The van der Waals surface area contributed by atoms with Gasteiger partial charge < -0.3 is 5.32 Å². The van der Waals surface area contributed by atoms with E-state index in [0.717, 1.165) is 11.1 Å². The van der Waals surface area contributed by atoms with Crippen LogP contribution in [0.15, 0.2) is 60.7 Å². The summed E-state index contributed by atoms with van der Waals surface area (Å²) in [6, 6.07) is 18.6. The molecule has 0 aliphatic carbocycles. The number of rotatable bonds is 2. The molecule has 1 aliphatic heterocycles. The van der Waals surface area contributed by atoms with E-state index in [0.29, 0.717) is 6.54 Å². The summed E-state index contributed by atoms with van der Waals surface area (Å²) in [5.41, 5.74) is 1.47. The number of hydrogen-bond donors (Lipinski definition) is 1. The predicted molar refractivity (Wildman–Crippen MR) is 69.3 cm³/mol. The SMILES string of the molecule is O=C(c1ccccc1)c1ccccc1.O=C1CN1. The van der Waals surface area contributed by atoms with Crippen molar-refractivity contribution in [1.29, 1.82) is 0 Å².